The Kier molecular flexibility index (Phi) is 4.98. The molecule has 0 atom stereocenters. The molecule has 0 aliphatic heterocycles. The fourth-order valence-electron chi connectivity index (χ4n) is 1.64. The number of hydrogen-bond acceptors (Lipinski definition) is 3. The lowest BCUT2D eigenvalue weighted by molar-refractivity contribution is 0.102. The Bertz CT molecular complexity index is 679. The topological polar surface area (TPSA) is 54.0 Å². The number of benzene rings is 1. The zero-order chi connectivity index (χ0) is 15.4. The molecule has 0 unspecified atom stereocenters. The van der Waals surface area contributed by atoms with Crippen LogP contribution in [0.5, 0.6) is 0 Å². The van der Waals surface area contributed by atoms with Crippen LogP contribution in [-0.2, 0) is 0 Å². The molecule has 2 rings (SSSR count). The predicted molar refractivity (Wildman–Crippen MR) is 82.8 cm³/mol. The summed E-state index contributed by atoms with van der Waals surface area (Å²) in [7, 11) is 0. The zero-order valence-electron chi connectivity index (χ0n) is 11.1. The molecule has 0 fully saturated rings. The van der Waals surface area contributed by atoms with Gasteiger partial charge in [0.05, 0.1) is 15.6 Å². The molecule has 0 spiro atoms. The third-order valence-corrected chi connectivity index (χ3v) is 3.22. The lowest BCUT2D eigenvalue weighted by Gasteiger charge is -2.08. The molecule has 110 valence electrons. The lowest BCUT2D eigenvalue weighted by Crippen LogP contribution is -2.13. The molecule has 0 aliphatic rings. The highest BCUT2D eigenvalue weighted by atomic mass is 35.5. The van der Waals surface area contributed by atoms with Crippen LogP contribution in [0, 0.1) is 5.82 Å². The molecule has 0 saturated carbocycles. The smallest absolute Gasteiger partial charge is 0.257 e. The van der Waals surface area contributed by atoms with Crippen molar-refractivity contribution >= 4 is 40.6 Å². The Balaban J connectivity index is 2.16. The summed E-state index contributed by atoms with van der Waals surface area (Å²) in [6, 6.07) is 5.51. The number of carbonyl (C=O) groups is 1. The summed E-state index contributed by atoms with van der Waals surface area (Å²) < 4.78 is 13.3. The van der Waals surface area contributed by atoms with Crippen molar-refractivity contribution in [3.63, 3.8) is 0 Å². The number of aromatic nitrogens is 1. The van der Waals surface area contributed by atoms with Gasteiger partial charge in [-0.1, -0.05) is 23.2 Å². The van der Waals surface area contributed by atoms with Crippen molar-refractivity contribution in [3.8, 4) is 0 Å². The van der Waals surface area contributed by atoms with Gasteiger partial charge in [-0.05, 0) is 31.2 Å². The van der Waals surface area contributed by atoms with Crippen LogP contribution < -0.4 is 10.6 Å². The SMILES string of the molecule is CCNc1ncc(C(=O)Nc2ccc(Cl)c(F)c2)cc1Cl. The molecule has 7 heteroatoms. The minimum Gasteiger partial charge on any atom is -0.369 e. The first kappa shape index (κ1) is 15.5. The molecule has 0 radical (unpaired) electrons. The highest BCUT2D eigenvalue weighted by molar-refractivity contribution is 6.33. The lowest BCUT2D eigenvalue weighted by atomic mass is 10.2. The van der Waals surface area contributed by atoms with Gasteiger partial charge < -0.3 is 10.6 Å². The minimum absolute atomic E-state index is 0.00676. The summed E-state index contributed by atoms with van der Waals surface area (Å²) in [4.78, 5) is 16.1. The van der Waals surface area contributed by atoms with Gasteiger partial charge in [0.1, 0.15) is 11.6 Å². The van der Waals surface area contributed by atoms with Gasteiger partial charge >= 0.3 is 0 Å². The van der Waals surface area contributed by atoms with Gasteiger partial charge in [0.2, 0.25) is 0 Å². The van der Waals surface area contributed by atoms with E-state index in [2.05, 4.69) is 15.6 Å². The van der Waals surface area contributed by atoms with E-state index in [-0.39, 0.29) is 10.6 Å². The van der Waals surface area contributed by atoms with E-state index in [4.69, 9.17) is 23.2 Å². The van der Waals surface area contributed by atoms with Gasteiger partial charge in [0.15, 0.2) is 0 Å². The van der Waals surface area contributed by atoms with Gasteiger partial charge in [0, 0.05) is 18.4 Å². The third-order valence-electron chi connectivity index (χ3n) is 2.63. The van der Waals surface area contributed by atoms with E-state index >= 15 is 0 Å². The number of nitrogens with zero attached hydrogens (tertiary/aromatic N) is 1. The van der Waals surface area contributed by atoms with Crippen LogP contribution in [0.3, 0.4) is 0 Å². The normalized spacial score (nSPS) is 10.3. The Hall–Kier alpha value is -1.85. The van der Waals surface area contributed by atoms with Crippen molar-refractivity contribution in [3.05, 3.63) is 51.9 Å². The van der Waals surface area contributed by atoms with Crippen molar-refractivity contribution in [2.75, 3.05) is 17.2 Å². The number of nitrogens with one attached hydrogen (secondary N) is 2. The second-order valence-electron chi connectivity index (χ2n) is 4.17. The molecular formula is C14H12Cl2FN3O. The summed E-state index contributed by atoms with van der Waals surface area (Å²) >= 11 is 11.6. The number of halogens is 3. The Morgan fingerprint density at radius 3 is 2.67 bits per heavy atom. The predicted octanol–water partition coefficient (Wildman–Crippen LogP) is 4.21. The van der Waals surface area contributed by atoms with Crippen molar-refractivity contribution in [2.45, 2.75) is 6.92 Å². The van der Waals surface area contributed by atoms with Crippen LogP contribution in [0.4, 0.5) is 15.9 Å². The number of hydrogen-bond donors (Lipinski definition) is 2. The van der Waals surface area contributed by atoms with Crippen LogP contribution in [0.25, 0.3) is 0 Å². The number of amides is 1. The van der Waals surface area contributed by atoms with Crippen LogP contribution in [-0.4, -0.2) is 17.4 Å². The largest absolute Gasteiger partial charge is 0.369 e. The molecular weight excluding hydrogens is 316 g/mol. The molecule has 2 aromatic rings. The van der Waals surface area contributed by atoms with Crippen molar-refractivity contribution in [1.29, 1.82) is 0 Å². The van der Waals surface area contributed by atoms with Crippen molar-refractivity contribution in [2.24, 2.45) is 0 Å². The van der Waals surface area contributed by atoms with Gasteiger partial charge in [-0.15, -0.1) is 0 Å². The molecule has 21 heavy (non-hydrogen) atoms. The van der Waals surface area contributed by atoms with E-state index in [0.717, 1.165) is 6.07 Å². The maximum absolute atomic E-state index is 13.3. The number of carbonyl (C=O) groups excluding carboxylic acids is 1. The zero-order valence-corrected chi connectivity index (χ0v) is 12.6. The summed E-state index contributed by atoms with van der Waals surface area (Å²) in [5.41, 5.74) is 0.575. The molecule has 0 aliphatic carbocycles. The molecule has 1 amide bonds. The summed E-state index contributed by atoms with van der Waals surface area (Å²) in [5.74, 6) is -0.532. The molecule has 0 saturated heterocycles. The number of pyridine rings is 1. The molecule has 0 bridgehead atoms. The highest BCUT2D eigenvalue weighted by Crippen LogP contribution is 2.22. The fourth-order valence-corrected chi connectivity index (χ4v) is 1.99. The maximum Gasteiger partial charge on any atom is 0.257 e. The van der Waals surface area contributed by atoms with E-state index < -0.39 is 11.7 Å². The quantitative estimate of drug-likeness (QED) is 0.884. The van der Waals surface area contributed by atoms with Gasteiger partial charge in [0.25, 0.3) is 5.91 Å². The Labute approximate surface area is 131 Å². The van der Waals surface area contributed by atoms with Crippen LogP contribution in [0.2, 0.25) is 10.0 Å². The first-order valence-electron chi connectivity index (χ1n) is 6.17. The third kappa shape index (κ3) is 3.83. The van der Waals surface area contributed by atoms with E-state index in [0.29, 0.717) is 23.1 Å². The summed E-state index contributed by atoms with van der Waals surface area (Å²) in [6.07, 6.45) is 1.39. The Morgan fingerprint density at radius 2 is 2.05 bits per heavy atom. The Morgan fingerprint density at radius 1 is 1.29 bits per heavy atom. The molecule has 1 heterocycles. The second kappa shape index (κ2) is 6.74. The molecule has 4 nitrogen and oxygen atoms in total. The van der Waals surface area contributed by atoms with Gasteiger partial charge in [-0.2, -0.15) is 0 Å². The molecule has 1 aromatic heterocycles. The van der Waals surface area contributed by atoms with E-state index in [1.165, 1.54) is 24.4 Å². The van der Waals surface area contributed by atoms with Gasteiger partial charge in [-0.3, -0.25) is 4.79 Å². The maximum atomic E-state index is 13.3. The number of anilines is 2. The molecule has 1 aromatic carbocycles. The standard InChI is InChI=1S/C14H12Cl2FN3O/c1-2-18-13-11(16)5-8(7-19-13)14(21)20-9-3-4-10(15)12(17)6-9/h3-7H,2H2,1H3,(H,18,19)(H,20,21). The average Bonchev–Trinajstić information content (AvgIpc) is 2.45. The second-order valence-corrected chi connectivity index (χ2v) is 4.98. The molecule has 2 N–H and O–H groups in total. The van der Waals surface area contributed by atoms with Crippen molar-refractivity contribution < 1.29 is 9.18 Å². The van der Waals surface area contributed by atoms with Crippen LogP contribution in [0.15, 0.2) is 30.5 Å². The number of rotatable bonds is 4. The van der Waals surface area contributed by atoms with Gasteiger partial charge in [-0.25, -0.2) is 9.37 Å². The minimum atomic E-state index is -0.604. The highest BCUT2D eigenvalue weighted by Gasteiger charge is 2.11. The van der Waals surface area contributed by atoms with E-state index in [1.54, 1.807) is 0 Å². The summed E-state index contributed by atoms with van der Waals surface area (Å²) in [6.45, 7) is 2.58. The summed E-state index contributed by atoms with van der Waals surface area (Å²) in [5, 5.41) is 5.85. The van der Waals surface area contributed by atoms with E-state index in [1.807, 2.05) is 6.92 Å². The first-order valence-corrected chi connectivity index (χ1v) is 6.92. The first-order chi connectivity index (χ1) is 10.0. The van der Waals surface area contributed by atoms with Crippen LogP contribution in [0.1, 0.15) is 17.3 Å². The van der Waals surface area contributed by atoms with E-state index in [9.17, 15) is 9.18 Å². The fraction of sp³-hybridized carbons (Fsp3) is 0.143. The average molecular weight is 328 g/mol. The van der Waals surface area contributed by atoms with Crippen LogP contribution >= 0.6 is 23.2 Å². The monoisotopic (exact) mass is 327 g/mol. The van der Waals surface area contributed by atoms with Crippen molar-refractivity contribution in [1.82, 2.24) is 4.98 Å².